The van der Waals surface area contributed by atoms with E-state index in [-0.39, 0.29) is 12.0 Å². The highest BCUT2D eigenvalue weighted by atomic mass is 16.5. The number of methoxy groups -OCH3 is 1. The number of likely N-dealkylation sites (tertiary alicyclic amines) is 1. The van der Waals surface area contributed by atoms with Gasteiger partial charge < -0.3 is 18.9 Å². The van der Waals surface area contributed by atoms with Gasteiger partial charge in [0.15, 0.2) is 5.69 Å². The topological polar surface area (TPSA) is 56.6 Å². The number of ether oxygens (including phenoxy) is 2. The molecule has 1 aromatic carbocycles. The van der Waals surface area contributed by atoms with Gasteiger partial charge in [-0.05, 0) is 36.0 Å². The number of carbonyl (C=O) groups excluding carboxylic acids is 1. The molecule has 144 valence electrons. The molecule has 6 heteroatoms. The molecular formula is C21H27N3O3. The van der Waals surface area contributed by atoms with Gasteiger partial charge in [-0.1, -0.05) is 26.0 Å². The van der Waals surface area contributed by atoms with Crippen molar-refractivity contribution in [3.05, 3.63) is 47.5 Å². The first-order valence-corrected chi connectivity index (χ1v) is 9.64. The number of rotatable bonds is 3. The van der Waals surface area contributed by atoms with E-state index in [0.29, 0.717) is 30.7 Å². The van der Waals surface area contributed by atoms with E-state index in [1.165, 1.54) is 6.42 Å². The molecule has 3 heterocycles. The van der Waals surface area contributed by atoms with Crippen LogP contribution in [0.2, 0.25) is 0 Å². The summed E-state index contributed by atoms with van der Waals surface area (Å²) in [7, 11) is 1.66. The lowest BCUT2D eigenvalue weighted by molar-refractivity contribution is 0.00217. The Bertz CT molecular complexity index is 805. The van der Waals surface area contributed by atoms with Crippen LogP contribution in [0, 0.1) is 11.8 Å². The third-order valence-corrected chi connectivity index (χ3v) is 5.58. The fraction of sp³-hybridized carbons (Fsp3) is 0.524. The molecule has 3 unspecified atom stereocenters. The van der Waals surface area contributed by atoms with Crippen molar-refractivity contribution >= 4 is 5.91 Å². The zero-order valence-corrected chi connectivity index (χ0v) is 16.2. The van der Waals surface area contributed by atoms with E-state index >= 15 is 0 Å². The Hall–Kier alpha value is -2.34. The van der Waals surface area contributed by atoms with Crippen molar-refractivity contribution in [3.63, 3.8) is 0 Å². The Morgan fingerprint density at radius 3 is 2.52 bits per heavy atom. The molecule has 2 aliphatic rings. The largest absolute Gasteiger partial charge is 0.497 e. The summed E-state index contributed by atoms with van der Waals surface area (Å²) in [5.74, 6) is 1.93. The van der Waals surface area contributed by atoms with Crippen LogP contribution in [0.5, 0.6) is 5.75 Å². The second-order valence-corrected chi connectivity index (χ2v) is 7.92. The van der Waals surface area contributed by atoms with Crippen molar-refractivity contribution < 1.29 is 14.3 Å². The highest BCUT2D eigenvalue weighted by Crippen LogP contribution is 2.30. The second-order valence-electron chi connectivity index (χ2n) is 7.92. The van der Waals surface area contributed by atoms with E-state index in [0.717, 1.165) is 30.1 Å². The van der Waals surface area contributed by atoms with Gasteiger partial charge in [-0.15, -0.1) is 0 Å². The predicted molar refractivity (Wildman–Crippen MR) is 102 cm³/mol. The van der Waals surface area contributed by atoms with Crippen molar-refractivity contribution in [1.29, 1.82) is 0 Å². The van der Waals surface area contributed by atoms with Gasteiger partial charge in [0.25, 0.3) is 5.91 Å². The lowest BCUT2D eigenvalue weighted by Crippen LogP contribution is -2.43. The summed E-state index contributed by atoms with van der Waals surface area (Å²) in [6.45, 7) is 7.10. The molecule has 0 aliphatic carbocycles. The van der Waals surface area contributed by atoms with Gasteiger partial charge in [0, 0.05) is 13.1 Å². The van der Waals surface area contributed by atoms with Crippen LogP contribution in [0.15, 0.2) is 30.6 Å². The lowest BCUT2D eigenvalue weighted by Gasteiger charge is -2.35. The predicted octanol–water partition coefficient (Wildman–Crippen LogP) is 3.28. The molecule has 27 heavy (non-hydrogen) atoms. The van der Waals surface area contributed by atoms with E-state index < -0.39 is 0 Å². The van der Waals surface area contributed by atoms with Crippen LogP contribution >= 0.6 is 0 Å². The van der Waals surface area contributed by atoms with Crippen LogP contribution in [0.25, 0.3) is 0 Å². The zero-order chi connectivity index (χ0) is 19.0. The molecule has 0 bridgehead atoms. The van der Waals surface area contributed by atoms with E-state index in [1.54, 1.807) is 13.4 Å². The Morgan fingerprint density at radius 2 is 1.85 bits per heavy atom. The van der Waals surface area contributed by atoms with Crippen LogP contribution in [0.3, 0.4) is 0 Å². The molecule has 1 aromatic heterocycles. The summed E-state index contributed by atoms with van der Waals surface area (Å²) in [4.78, 5) is 19.4. The number of amides is 1. The first kappa shape index (κ1) is 18.0. The van der Waals surface area contributed by atoms with Gasteiger partial charge >= 0.3 is 0 Å². The third-order valence-electron chi connectivity index (χ3n) is 5.58. The molecule has 0 N–H and O–H groups in total. The standard InChI is InChI=1S/C21H27N3O3/c1-14-8-15(2)10-23(9-14)21(25)20-18-12-27-19(11-24(18)13-22-20)16-4-6-17(26-3)7-5-16/h4-7,13-15,19H,8-12H2,1-3H3. The molecule has 1 saturated heterocycles. The zero-order valence-electron chi connectivity index (χ0n) is 16.2. The van der Waals surface area contributed by atoms with Gasteiger partial charge in [-0.2, -0.15) is 0 Å². The number of nitrogens with zero attached hydrogens (tertiary/aromatic N) is 3. The highest BCUT2D eigenvalue weighted by Gasteiger charge is 2.31. The third kappa shape index (κ3) is 3.58. The van der Waals surface area contributed by atoms with Gasteiger partial charge in [-0.25, -0.2) is 4.98 Å². The minimum absolute atomic E-state index is 0.0358. The average Bonchev–Trinajstić information content (AvgIpc) is 3.10. The summed E-state index contributed by atoms with van der Waals surface area (Å²) in [5, 5.41) is 0. The molecule has 2 aromatic rings. The lowest BCUT2D eigenvalue weighted by atomic mass is 9.91. The number of aromatic nitrogens is 2. The van der Waals surface area contributed by atoms with Crippen molar-refractivity contribution in [3.8, 4) is 5.75 Å². The number of hydrogen-bond acceptors (Lipinski definition) is 4. The number of carbonyl (C=O) groups is 1. The number of fused-ring (bicyclic) bond motifs is 1. The molecule has 2 aliphatic heterocycles. The smallest absolute Gasteiger partial charge is 0.274 e. The summed E-state index contributed by atoms with van der Waals surface area (Å²) in [6, 6.07) is 7.92. The molecule has 4 rings (SSSR count). The molecular weight excluding hydrogens is 342 g/mol. The fourth-order valence-corrected chi connectivity index (χ4v) is 4.30. The van der Waals surface area contributed by atoms with Gasteiger partial charge in [-0.3, -0.25) is 4.79 Å². The first-order chi connectivity index (χ1) is 13.0. The molecule has 0 saturated carbocycles. The van der Waals surface area contributed by atoms with Crippen LogP contribution in [0.4, 0.5) is 0 Å². The minimum atomic E-state index is -0.0458. The number of benzene rings is 1. The maximum absolute atomic E-state index is 13.0. The second kappa shape index (κ2) is 7.35. The molecule has 6 nitrogen and oxygen atoms in total. The Morgan fingerprint density at radius 1 is 1.15 bits per heavy atom. The quantitative estimate of drug-likeness (QED) is 0.833. The Labute approximate surface area is 160 Å². The Kier molecular flexibility index (Phi) is 4.91. The van der Waals surface area contributed by atoms with E-state index in [1.807, 2.05) is 29.2 Å². The minimum Gasteiger partial charge on any atom is -0.497 e. The van der Waals surface area contributed by atoms with Crippen LogP contribution in [0.1, 0.15) is 48.1 Å². The summed E-state index contributed by atoms with van der Waals surface area (Å²) in [5.41, 5.74) is 2.53. The van der Waals surface area contributed by atoms with E-state index in [9.17, 15) is 4.79 Å². The highest BCUT2D eigenvalue weighted by molar-refractivity contribution is 5.93. The number of piperidine rings is 1. The van der Waals surface area contributed by atoms with Gasteiger partial charge in [0.1, 0.15) is 11.9 Å². The maximum atomic E-state index is 13.0. The van der Waals surface area contributed by atoms with Crippen LogP contribution < -0.4 is 4.74 Å². The number of hydrogen-bond donors (Lipinski definition) is 0. The van der Waals surface area contributed by atoms with Crippen molar-refractivity contribution in [2.75, 3.05) is 20.2 Å². The molecule has 0 spiro atoms. The Balaban J connectivity index is 1.50. The van der Waals surface area contributed by atoms with Crippen molar-refractivity contribution in [2.24, 2.45) is 11.8 Å². The average molecular weight is 369 g/mol. The summed E-state index contributed by atoms with van der Waals surface area (Å²) in [6.07, 6.45) is 2.91. The molecule has 3 atom stereocenters. The van der Waals surface area contributed by atoms with Crippen molar-refractivity contribution in [2.45, 2.75) is 39.5 Å². The normalized spacial score (nSPS) is 25.1. The number of imidazole rings is 1. The summed E-state index contributed by atoms with van der Waals surface area (Å²) >= 11 is 0. The van der Waals surface area contributed by atoms with Gasteiger partial charge in [0.05, 0.1) is 32.3 Å². The van der Waals surface area contributed by atoms with Crippen LogP contribution in [-0.4, -0.2) is 40.6 Å². The molecule has 1 amide bonds. The SMILES string of the molecule is COc1ccc(C2Cn3cnc(C(=O)N4CC(C)CC(C)C4)c3CO2)cc1. The fourth-order valence-electron chi connectivity index (χ4n) is 4.30. The van der Waals surface area contributed by atoms with E-state index in [4.69, 9.17) is 9.47 Å². The monoisotopic (exact) mass is 369 g/mol. The molecule has 0 radical (unpaired) electrons. The maximum Gasteiger partial charge on any atom is 0.274 e. The van der Waals surface area contributed by atoms with E-state index in [2.05, 4.69) is 23.4 Å². The molecule has 1 fully saturated rings. The van der Waals surface area contributed by atoms with Crippen LogP contribution in [-0.2, 0) is 17.9 Å². The first-order valence-electron chi connectivity index (χ1n) is 9.64. The van der Waals surface area contributed by atoms with Gasteiger partial charge in [0.2, 0.25) is 0 Å². The summed E-state index contributed by atoms with van der Waals surface area (Å²) < 4.78 is 13.3. The van der Waals surface area contributed by atoms with Crippen molar-refractivity contribution in [1.82, 2.24) is 14.5 Å².